The summed E-state index contributed by atoms with van der Waals surface area (Å²) in [7, 11) is 0. The van der Waals surface area contributed by atoms with Crippen molar-refractivity contribution in [2.75, 3.05) is 5.32 Å². The molecular weight excluding hydrogens is 242 g/mol. The van der Waals surface area contributed by atoms with Crippen molar-refractivity contribution in [3.05, 3.63) is 33.7 Å². The van der Waals surface area contributed by atoms with Gasteiger partial charge in [0.1, 0.15) is 0 Å². The highest BCUT2D eigenvalue weighted by Crippen LogP contribution is 2.26. The van der Waals surface area contributed by atoms with Crippen LogP contribution in [0.15, 0.2) is 23.8 Å². The number of halogens is 1. The summed E-state index contributed by atoms with van der Waals surface area (Å²) in [4.78, 5) is 0. The summed E-state index contributed by atoms with van der Waals surface area (Å²) < 4.78 is 2.73. The van der Waals surface area contributed by atoms with Crippen molar-refractivity contribution >= 4 is 28.6 Å². The van der Waals surface area contributed by atoms with Crippen molar-refractivity contribution < 1.29 is 0 Å². The number of aryl methyl sites for hydroxylation is 1. The fourth-order valence-electron chi connectivity index (χ4n) is 1.49. The van der Waals surface area contributed by atoms with Gasteiger partial charge in [0.05, 0.1) is 16.2 Å². The van der Waals surface area contributed by atoms with Gasteiger partial charge in [-0.1, -0.05) is 11.6 Å². The normalized spacial score (nSPS) is 12.7. The Morgan fingerprint density at radius 2 is 2.44 bits per heavy atom. The Kier molecular flexibility index (Phi) is 3.51. The Hall–Kier alpha value is -1.00. The van der Waals surface area contributed by atoms with E-state index in [0.717, 1.165) is 16.6 Å². The molecule has 86 valence electrons. The van der Waals surface area contributed by atoms with Crippen LogP contribution in [0.25, 0.3) is 0 Å². The van der Waals surface area contributed by atoms with E-state index < -0.39 is 0 Å². The highest BCUT2D eigenvalue weighted by atomic mass is 35.5. The Morgan fingerprint density at radius 3 is 3.00 bits per heavy atom. The summed E-state index contributed by atoms with van der Waals surface area (Å²) >= 11 is 7.47. The van der Waals surface area contributed by atoms with Crippen LogP contribution in [0.3, 0.4) is 0 Å². The molecule has 0 aliphatic heterocycles. The van der Waals surface area contributed by atoms with Crippen molar-refractivity contribution in [1.82, 2.24) is 9.78 Å². The first-order chi connectivity index (χ1) is 7.69. The van der Waals surface area contributed by atoms with E-state index in [1.807, 2.05) is 23.1 Å². The number of anilines is 1. The molecule has 0 spiro atoms. The first kappa shape index (κ1) is 11.5. The topological polar surface area (TPSA) is 29.9 Å². The number of nitrogens with zero attached hydrogens (tertiary/aromatic N) is 2. The fraction of sp³-hybridized carbons (Fsp3) is 0.364. The maximum atomic E-state index is 5.91. The van der Waals surface area contributed by atoms with Crippen LogP contribution in [-0.2, 0) is 6.54 Å². The lowest BCUT2D eigenvalue weighted by Gasteiger charge is -2.11. The third kappa shape index (κ3) is 2.57. The zero-order chi connectivity index (χ0) is 11.5. The molecule has 0 saturated heterocycles. The van der Waals surface area contributed by atoms with Gasteiger partial charge in [-0.15, -0.1) is 11.3 Å². The van der Waals surface area contributed by atoms with Crippen LogP contribution in [0.5, 0.6) is 0 Å². The maximum Gasteiger partial charge on any atom is 0.0931 e. The van der Waals surface area contributed by atoms with E-state index in [0.29, 0.717) is 0 Å². The maximum absolute atomic E-state index is 5.91. The molecule has 2 aromatic rings. The number of nitrogens with one attached hydrogen (secondary N) is 1. The SMILES string of the molecule is CCn1cc(NC(C)c2csc(Cl)c2)cn1. The average molecular weight is 256 g/mol. The Bertz CT molecular complexity index is 463. The summed E-state index contributed by atoms with van der Waals surface area (Å²) in [6.07, 6.45) is 3.85. The zero-order valence-electron chi connectivity index (χ0n) is 9.27. The van der Waals surface area contributed by atoms with Gasteiger partial charge in [0.25, 0.3) is 0 Å². The van der Waals surface area contributed by atoms with Crippen LogP contribution in [0.4, 0.5) is 5.69 Å². The second-order valence-corrected chi connectivity index (χ2v) is 5.18. The van der Waals surface area contributed by atoms with Crippen LogP contribution in [-0.4, -0.2) is 9.78 Å². The van der Waals surface area contributed by atoms with Crippen molar-refractivity contribution in [3.8, 4) is 0 Å². The molecule has 0 aliphatic carbocycles. The lowest BCUT2D eigenvalue weighted by molar-refractivity contribution is 0.660. The number of thiophene rings is 1. The summed E-state index contributed by atoms with van der Waals surface area (Å²) in [6.45, 7) is 5.07. The molecule has 0 bridgehead atoms. The largest absolute Gasteiger partial charge is 0.376 e. The summed E-state index contributed by atoms with van der Waals surface area (Å²) in [5.41, 5.74) is 2.25. The fourth-order valence-corrected chi connectivity index (χ4v) is 2.48. The highest BCUT2D eigenvalue weighted by Gasteiger charge is 2.08. The minimum atomic E-state index is 0.248. The van der Waals surface area contributed by atoms with Gasteiger partial charge < -0.3 is 5.32 Å². The third-order valence-corrected chi connectivity index (χ3v) is 3.54. The number of rotatable bonds is 4. The van der Waals surface area contributed by atoms with Gasteiger partial charge in [-0.05, 0) is 30.9 Å². The van der Waals surface area contributed by atoms with Crippen molar-refractivity contribution in [2.24, 2.45) is 0 Å². The average Bonchev–Trinajstić information content (AvgIpc) is 2.87. The molecule has 0 aliphatic rings. The molecule has 0 amide bonds. The predicted octanol–water partition coefficient (Wildman–Crippen LogP) is 3.79. The van der Waals surface area contributed by atoms with E-state index in [2.05, 4.69) is 29.6 Å². The molecular formula is C11H14ClN3S. The molecule has 0 fully saturated rings. The minimum Gasteiger partial charge on any atom is -0.376 e. The Morgan fingerprint density at radius 1 is 1.62 bits per heavy atom. The first-order valence-corrected chi connectivity index (χ1v) is 6.47. The lowest BCUT2D eigenvalue weighted by Crippen LogP contribution is -2.04. The van der Waals surface area contributed by atoms with E-state index in [9.17, 15) is 0 Å². The van der Waals surface area contributed by atoms with E-state index >= 15 is 0 Å². The molecule has 1 atom stereocenters. The number of hydrogen-bond donors (Lipinski definition) is 1. The minimum absolute atomic E-state index is 0.248. The van der Waals surface area contributed by atoms with Crippen LogP contribution in [0.2, 0.25) is 4.34 Å². The van der Waals surface area contributed by atoms with Gasteiger partial charge in [-0.2, -0.15) is 5.10 Å². The molecule has 5 heteroatoms. The predicted molar refractivity (Wildman–Crippen MR) is 69.3 cm³/mol. The van der Waals surface area contributed by atoms with Crippen molar-refractivity contribution in [1.29, 1.82) is 0 Å². The second-order valence-electron chi connectivity index (χ2n) is 3.63. The smallest absolute Gasteiger partial charge is 0.0931 e. The van der Waals surface area contributed by atoms with Gasteiger partial charge in [-0.25, -0.2) is 0 Å². The molecule has 0 saturated carbocycles. The third-order valence-electron chi connectivity index (χ3n) is 2.43. The molecule has 1 unspecified atom stereocenters. The van der Waals surface area contributed by atoms with Gasteiger partial charge >= 0.3 is 0 Å². The van der Waals surface area contributed by atoms with Gasteiger partial charge in [0, 0.05) is 18.8 Å². The number of hydrogen-bond acceptors (Lipinski definition) is 3. The van der Waals surface area contributed by atoms with Crippen LogP contribution in [0, 0.1) is 0 Å². The van der Waals surface area contributed by atoms with E-state index in [1.54, 1.807) is 11.3 Å². The van der Waals surface area contributed by atoms with Gasteiger partial charge in [-0.3, -0.25) is 4.68 Å². The van der Waals surface area contributed by atoms with Crippen LogP contribution >= 0.6 is 22.9 Å². The van der Waals surface area contributed by atoms with Gasteiger partial charge in [0.2, 0.25) is 0 Å². The van der Waals surface area contributed by atoms with Crippen LogP contribution in [0.1, 0.15) is 25.5 Å². The summed E-state index contributed by atoms with van der Waals surface area (Å²) in [5.74, 6) is 0. The number of aromatic nitrogens is 2. The molecule has 1 N–H and O–H groups in total. The molecule has 2 heterocycles. The highest BCUT2D eigenvalue weighted by molar-refractivity contribution is 7.14. The quantitative estimate of drug-likeness (QED) is 0.901. The molecule has 0 aromatic carbocycles. The molecule has 16 heavy (non-hydrogen) atoms. The molecule has 2 aromatic heterocycles. The van der Waals surface area contributed by atoms with Crippen molar-refractivity contribution in [3.63, 3.8) is 0 Å². The summed E-state index contributed by atoms with van der Waals surface area (Å²) in [5, 5.41) is 9.68. The van der Waals surface area contributed by atoms with Crippen molar-refractivity contribution in [2.45, 2.75) is 26.4 Å². The molecule has 0 radical (unpaired) electrons. The zero-order valence-corrected chi connectivity index (χ0v) is 10.8. The van der Waals surface area contributed by atoms with E-state index in [4.69, 9.17) is 11.6 Å². The van der Waals surface area contributed by atoms with Gasteiger partial charge in [0.15, 0.2) is 0 Å². The van der Waals surface area contributed by atoms with Crippen LogP contribution < -0.4 is 5.32 Å². The van der Waals surface area contributed by atoms with E-state index in [-0.39, 0.29) is 6.04 Å². The second kappa shape index (κ2) is 4.89. The standard InChI is InChI=1S/C11H14ClN3S/c1-3-15-6-10(5-13-15)14-8(2)9-4-11(12)16-7-9/h4-8,14H,3H2,1-2H3. The summed E-state index contributed by atoms with van der Waals surface area (Å²) in [6, 6.07) is 2.24. The Labute approximate surface area is 104 Å². The first-order valence-electron chi connectivity index (χ1n) is 5.22. The Balaban J connectivity index is 2.04. The molecule has 2 rings (SSSR count). The molecule has 3 nitrogen and oxygen atoms in total. The lowest BCUT2D eigenvalue weighted by atomic mass is 10.2. The van der Waals surface area contributed by atoms with E-state index in [1.165, 1.54) is 5.56 Å². The monoisotopic (exact) mass is 255 g/mol.